The standard InChI is InChI=1S/C21H23NO2S/c1-21(2,25)19(23)18(16-10-11-16)22-20(24)17-12-8-15(9-13-17)14-6-4-3-5-7-14/h3-9,12-13,16,18,25H,10-11H2,1-2H3,(H,22,24)/t18-/m0/s1. The van der Waals surface area contributed by atoms with E-state index in [1.54, 1.807) is 26.0 Å². The second-order valence-electron chi connectivity index (χ2n) is 7.16. The molecule has 0 aliphatic heterocycles. The summed E-state index contributed by atoms with van der Waals surface area (Å²) in [6.07, 6.45) is 1.96. The number of amides is 1. The highest BCUT2D eigenvalue weighted by Gasteiger charge is 2.41. The van der Waals surface area contributed by atoms with Gasteiger partial charge < -0.3 is 5.32 Å². The Balaban J connectivity index is 1.73. The first-order valence-electron chi connectivity index (χ1n) is 8.59. The molecule has 0 radical (unpaired) electrons. The van der Waals surface area contributed by atoms with Gasteiger partial charge in [0.2, 0.25) is 0 Å². The van der Waals surface area contributed by atoms with Crippen molar-refractivity contribution >= 4 is 24.3 Å². The fourth-order valence-electron chi connectivity index (χ4n) is 2.88. The van der Waals surface area contributed by atoms with Crippen molar-refractivity contribution in [2.24, 2.45) is 5.92 Å². The van der Waals surface area contributed by atoms with Gasteiger partial charge in [-0.3, -0.25) is 9.59 Å². The van der Waals surface area contributed by atoms with Crippen LogP contribution in [0.1, 0.15) is 37.0 Å². The van der Waals surface area contributed by atoms with Gasteiger partial charge in [0.15, 0.2) is 5.78 Å². The maximum Gasteiger partial charge on any atom is 0.251 e. The second kappa shape index (κ2) is 7.04. The molecule has 0 spiro atoms. The topological polar surface area (TPSA) is 46.2 Å². The highest BCUT2D eigenvalue weighted by molar-refractivity contribution is 7.82. The average molecular weight is 353 g/mol. The van der Waals surface area contributed by atoms with Gasteiger partial charge in [-0.1, -0.05) is 42.5 Å². The molecular weight excluding hydrogens is 330 g/mol. The molecule has 1 amide bonds. The van der Waals surface area contributed by atoms with E-state index >= 15 is 0 Å². The molecule has 3 nitrogen and oxygen atoms in total. The summed E-state index contributed by atoms with van der Waals surface area (Å²) in [5, 5.41) is 2.92. The van der Waals surface area contributed by atoms with E-state index in [4.69, 9.17) is 0 Å². The van der Waals surface area contributed by atoms with E-state index in [-0.39, 0.29) is 17.6 Å². The number of carbonyl (C=O) groups excluding carboxylic acids is 2. The SMILES string of the molecule is CC(C)(S)C(=O)[C@@H](NC(=O)c1ccc(-c2ccccc2)cc1)C1CC1. The van der Waals surface area contributed by atoms with Gasteiger partial charge in [0.1, 0.15) is 0 Å². The minimum absolute atomic E-state index is 0.0208. The van der Waals surface area contributed by atoms with Crippen LogP contribution in [0.5, 0.6) is 0 Å². The predicted molar refractivity (Wildman–Crippen MR) is 104 cm³/mol. The third-order valence-electron chi connectivity index (χ3n) is 4.52. The number of carbonyl (C=O) groups is 2. The molecule has 1 saturated carbocycles. The van der Waals surface area contributed by atoms with Gasteiger partial charge in [-0.05, 0) is 55.9 Å². The normalized spacial score (nSPS) is 15.5. The summed E-state index contributed by atoms with van der Waals surface area (Å²) in [7, 11) is 0. The van der Waals surface area contributed by atoms with Gasteiger partial charge in [-0.25, -0.2) is 0 Å². The minimum atomic E-state index is -0.752. The van der Waals surface area contributed by atoms with E-state index in [2.05, 4.69) is 17.9 Å². The molecule has 25 heavy (non-hydrogen) atoms. The number of nitrogens with one attached hydrogen (secondary N) is 1. The summed E-state index contributed by atoms with van der Waals surface area (Å²) in [6.45, 7) is 3.54. The lowest BCUT2D eigenvalue weighted by atomic mass is 9.96. The van der Waals surface area contributed by atoms with E-state index in [1.807, 2.05) is 42.5 Å². The first kappa shape index (κ1) is 17.7. The van der Waals surface area contributed by atoms with Crippen LogP contribution >= 0.6 is 12.6 Å². The highest BCUT2D eigenvalue weighted by Crippen LogP contribution is 2.35. The second-order valence-corrected chi connectivity index (χ2v) is 8.27. The van der Waals surface area contributed by atoms with Crippen molar-refractivity contribution in [2.75, 3.05) is 0 Å². The smallest absolute Gasteiger partial charge is 0.251 e. The van der Waals surface area contributed by atoms with Crippen molar-refractivity contribution in [3.8, 4) is 11.1 Å². The number of hydrogen-bond donors (Lipinski definition) is 2. The largest absolute Gasteiger partial charge is 0.342 e. The van der Waals surface area contributed by atoms with Crippen molar-refractivity contribution in [1.29, 1.82) is 0 Å². The third kappa shape index (κ3) is 4.31. The lowest BCUT2D eigenvalue weighted by Crippen LogP contribution is -2.48. The number of Topliss-reactive ketones (excluding diaryl/α,β-unsaturated/α-hetero) is 1. The molecule has 0 aromatic heterocycles. The van der Waals surface area contributed by atoms with Crippen LogP contribution in [-0.4, -0.2) is 22.5 Å². The van der Waals surface area contributed by atoms with Gasteiger partial charge in [-0.15, -0.1) is 0 Å². The molecule has 1 aliphatic carbocycles. The Kier molecular flexibility index (Phi) is 5.00. The van der Waals surface area contributed by atoms with Crippen LogP contribution in [0.15, 0.2) is 54.6 Å². The summed E-state index contributed by atoms with van der Waals surface area (Å²) in [4.78, 5) is 25.1. The molecule has 1 atom stereocenters. The van der Waals surface area contributed by atoms with E-state index in [1.165, 1.54) is 0 Å². The Morgan fingerprint density at radius 1 is 1.00 bits per heavy atom. The zero-order valence-electron chi connectivity index (χ0n) is 14.5. The monoisotopic (exact) mass is 353 g/mol. The molecule has 2 aromatic carbocycles. The fraction of sp³-hybridized carbons (Fsp3) is 0.333. The number of thiol groups is 1. The summed E-state index contributed by atoms with van der Waals surface area (Å²) in [5.41, 5.74) is 2.73. The summed E-state index contributed by atoms with van der Waals surface area (Å²) in [5.74, 6) is 0.0153. The van der Waals surface area contributed by atoms with Crippen molar-refractivity contribution < 1.29 is 9.59 Å². The zero-order valence-corrected chi connectivity index (χ0v) is 15.4. The van der Waals surface area contributed by atoms with E-state index in [9.17, 15) is 9.59 Å². The van der Waals surface area contributed by atoms with Gasteiger partial charge in [0, 0.05) is 5.56 Å². The molecule has 1 aliphatic rings. The van der Waals surface area contributed by atoms with Crippen LogP contribution < -0.4 is 5.32 Å². The summed E-state index contributed by atoms with van der Waals surface area (Å²) >= 11 is 4.37. The summed E-state index contributed by atoms with van der Waals surface area (Å²) in [6, 6.07) is 17.0. The van der Waals surface area contributed by atoms with E-state index in [0.717, 1.165) is 24.0 Å². The van der Waals surface area contributed by atoms with Gasteiger partial charge in [0.05, 0.1) is 10.8 Å². The zero-order chi connectivity index (χ0) is 18.0. The molecule has 0 heterocycles. The molecule has 3 rings (SSSR count). The summed E-state index contributed by atoms with van der Waals surface area (Å²) < 4.78 is -0.752. The molecular formula is C21H23NO2S. The van der Waals surface area contributed by atoms with Gasteiger partial charge in [-0.2, -0.15) is 12.6 Å². The Labute approximate surface area is 154 Å². The minimum Gasteiger partial charge on any atom is -0.342 e. The molecule has 130 valence electrons. The van der Waals surface area contributed by atoms with E-state index in [0.29, 0.717) is 5.56 Å². The Morgan fingerprint density at radius 3 is 2.08 bits per heavy atom. The van der Waals surface area contributed by atoms with Crippen LogP contribution in [0.3, 0.4) is 0 Å². The van der Waals surface area contributed by atoms with Crippen LogP contribution in [0.4, 0.5) is 0 Å². The molecule has 1 fully saturated rings. The molecule has 1 N–H and O–H groups in total. The number of ketones is 1. The third-order valence-corrected chi connectivity index (χ3v) is 4.74. The molecule has 0 bridgehead atoms. The van der Waals surface area contributed by atoms with Crippen LogP contribution in [0.25, 0.3) is 11.1 Å². The fourth-order valence-corrected chi connectivity index (χ4v) is 3.02. The molecule has 0 saturated heterocycles. The maximum absolute atomic E-state index is 12.6. The number of benzene rings is 2. The van der Waals surface area contributed by atoms with Crippen molar-refractivity contribution in [3.05, 3.63) is 60.2 Å². The lowest BCUT2D eigenvalue weighted by molar-refractivity contribution is -0.122. The Bertz CT molecular complexity index is 759. The Morgan fingerprint density at radius 2 is 1.56 bits per heavy atom. The molecule has 0 unspecified atom stereocenters. The van der Waals surface area contributed by atoms with Crippen LogP contribution in [-0.2, 0) is 4.79 Å². The van der Waals surface area contributed by atoms with Crippen molar-refractivity contribution in [2.45, 2.75) is 37.5 Å². The highest BCUT2D eigenvalue weighted by atomic mass is 32.1. The van der Waals surface area contributed by atoms with Gasteiger partial charge >= 0.3 is 0 Å². The molecule has 2 aromatic rings. The van der Waals surface area contributed by atoms with Crippen molar-refractivity contribution in [1.82, 2.24) is 5.32 Å². The quantitative estimate of drug-likeness (QED) is 0.767. The maximum atomic E-state index is 12.6. The van der Waals surface area contributed by atoms with Crippen LogP contribution in [0, 0.1) is 5.92 Å². The lowest BCUT2D eigenvalue weighted by Gasteiger charge is -2.24. The Hall–Kier alpha value is -2.07. The predicted octanol–water partition coefficient (Wildman–Crippen LogP) is 4.14. The average Bonchev–Trinajstić information content (AvgIpc) is 3.44. The molecule has 4 heteroatoms. The first-order chi connectivity index (χ1) is 11.9. The van der Waals surface area contributed by atoms with Crippen molar-refractivity contribution in [3.63, 3.8) is 0 Å². The number of rotatable bonds is 6. The van der Waals surface area contributed by atoms with E-state index < -0.39 is 10.8 Å². The number of hydrogen-bond acceptors (Lipinski definition) is 3. The van der Waals surface area contributed by atoms with Crippen LogP contribution in [0.2, 0.25) is 0 Å². The first-order valence-corrected chi connectivity index (χ1v) is 9.04. The van der Waals surface area contributed by atoms with Gasteiger partial charge in [0.25, 0.3) is 5.91 Å².